The van der Waals surface area contributed by atoms with Crippen LogP contribution in [0, 0.1) is 27.7 Å². The molecule has 2 aliphatic rings. The molecule has 0 atom stereocenters. The Hall–Kier alpha value is -3.87. The number of allylic oxidation sites excluding steroid dienone is 4. The second-order valence-corrected chi connectivity index (χ2v) is 31.9. The molecule has 0 heterocycles. The van der Waals surface area contributed by atoms with Crippen molar-refractivity contribution in [1.82, 2.24) is 0 Å². The summed E-state index contributed by atoms with van der Waals surface area (Å²) in [6.45, 7) is 23.4. The molecule has 8 rings (SSSR count). The number of benzene rings is 6. The Kier molecular flexibility index (Phi) is 11.8. The molecular formula is C55H60Cl2Zr. The van der Waals surface area contributed by atoms with E-state index in [4.69, 9.17) is 4.21 Å². The van der Waals surface area contributed by atoms with Gasteiger partial charge in [-0.05, 0) is 0 Å². The van der Waals surface area contributed by atoms with Gasteiger partial charge >= 0.3 is 340 Å². The second-order valence-electron chi connectivity index (χ2n) is 19.1. The third-order valence-corrected chi connectivity index (χ3v) is 29.6. The summed E-state index contributed by atoms with van der Waals surface area (Å²) in [6, 6.07) is 45.0. The van der Waals surface area contributed by atoms with E-state index in [0.717, 1.165) is 12.8 Å². The second kappa shape index (κ2) is 15.6. The zero-order valence-corrected chi connectivity index (χ0v) is 40.2. The van der Waals surface area contributed by atoms with E-state index in [-0.39, 0.29) is 35.6 Å². The van der Waals surface area contributed by atoms with Crippen LogP contribution in [0.25, 0.3) is 33.4 Å². The Morgan fingerprint density at radius 3 is 1.52 bits per heavy atom. The van der Waals surface area contributed by atoms with Gasteiger partial charge in [-0.15, -0.1) is 24.8 Å². The number of hydrogen-bond donors (Lipinski definition) is 0. The van der Waals surface area contributed by atoms with Gasteiger partial charge in [-0.2, -0.15) is 0 Å². The van der Waals surface area contributed by atoms with Gasteiger partial charge in [0.1, 0.15) is 0 Å². The van der Waals surface area contributed by atoms with Crippen LogP contribution in [0.3, 0.4) is 0 Å². The Labute approximate surface area is 362 Å². The topological polar surface area (TPSA) is 0 Å². The average molecular weight is 883 g/mol. The Balaban J connectivity index is 0.00000283. The normalized spacial score (nSPS) is 13.7. The Bertz CT molecular complexity index is 2620. The van der Waals surface area contributed by atoms with Gasteiger partial charge in [0.05, 0.1) is 0 Å². The molecule has 0 aromatic heterocycles. The van der Waals surface area contributed by atoms with Crippen molar-refractivity contribution in [2.45, 2.75) is 92.9 Å². The molecule has 0 radical (unpaired) electrons. The van der Waals surface area contributed by atoms with Gasteiger partial charge in [-0.1, -0.05) is 0 Å². The van der Waals surface area contributed by atoms with Crippen molar-refractivity contribution in [1.29, 1.82) is 0 Å². The predicted octanol–water partition coefficient (Wildman–Crippen LogP) is 13.5. The molecule has 2 aliphatic carbocycles. The van der Waals surface area contributed by atoms with Crippen LogP contribution in [0.15, 0.2) is 137 Å². The molecule has 0 saturated heterocycles. The quantitative estimate of drug-likeness (QED) is 0.156. The third kappa shape index (κ3) is 6.84. The molecule has 298 valence electrons. The first kappa shape index (κ1) is 43.7. The van der Waals surface area contributed by atoms with Crippen molar-refractivity contribution < 1.29 is 18.3 Å². The first-order valence-corrected chi connectivity index (χ1v) is 27.2. The maximum atomic E-state index is 5.97. The van der Waals surface area contributed by atoms with E-state index in [1.165, 1.54) is 91.0 Å². The fraction of sp³-hybridized carbons (Fsp3) is 0.255. The van der Waals surface area contributed by atoms with Crippen molar-refractivity contribution in [2.24, 2.45) is 0 Å². The van der Waals surface area contributed by atoms with Crippen LogP contribution < -0.4 is 9.81 Å². The average Bonchev–Trinajstić information content (AvgIpc) is 3.83. The molecule has 0 N–H and O–H groups in total. The van der Waals surface area contributed by atoms with Crippen molar-refractivity contribution in [3.63, 3.8) is 0 Å². The summed E-state index contributed by atoms with van der Waals surface area (Å²) in [5.74, 6) is 0. The molecule has 0 bridgehead atoms. The number of hydrogen-bond acceptors (Lipinski definition) is 0. The molecule has 0 fully saturated rings. The summed E-state index contributed by atoms with van der Waals surface area (Å²) >= 11 is -5.18. The van der Waals surface area contributed by atoms with Crippen molar-refractivity contribution >= 4 is 38.8 Å². The van der Waals surface area contributed by atoms with E-state index < -0.39 is 18.3 Å². The van der Waals surface area contributed by atoms with E-state index in [9.17, 15) is 0 Å². The number of rotatable bonds is 6. The first-order chi connectivity index (χ1) is 26.5. The van der Waals surface area contributed by atoms with E-state index in [1.807, 2.05) is 0 Å². The van der Waals surface area contributed by atoms with Gasteiger partial charge in [-0.3, -0.25) is 0 Å². The van der Waals surface area contributed by atoms with Crippen LogP contribution in [0.1, 0.15) is 92.5 Å². The number of halogens is 2. The zero-order valence-electron chi connectivity index (χ0n) is 36.1. The summed E-state index contributed by atoms with van der Waals surface area (Å²) < 4.78 is 11.8. The van der Waals surface area contributed by atoms with Crippen LogP contribution >= 0.6 is 24.8 Å². The van der Waals surface area contributed by atoms with Crippen LogP contribution in [0.5, 0.6) is 0 Å². The summed E-state index contributed by atoms with van der Waals surface area (Å²) in [5.41, 5.74) is 18.9. The van der Waals surface area contributed by atoms with Crippen LogP contribution in [-0.4, -0.2) is 4.21 Å². The molecule has 0 saturated carbocycles. The summed E-state index contributed by atoms with van der Waals surface area (Å²) in [7, 11) is 0. The molecule has 3 heteroatoms. The maximum absolute atomic E-state index is 5.97. The van der Waals surface area contributed by atoms with E-state index in [1.54, 1.807) is 0 Å². The molecule has 0 aliphatic heterocycles. The molecule has 0 nitrogen and oxygen atoms in total. The van der Waals surface area contributed by atoms with Crippen molar-refractivity contribution in [2.75, 3.05) is 0 Å². The molecule has 0 amide bonds. The van der Waals surface area contributed by atoms with Gasteiger partial charge in [0.25, 0.3) is 0 Å². The molecule has 0 unspecified atom stereocenters. The fourth-order valence-electron chi connectivity index (χ4n) is 10.1. The van der Waals surface area contributed by atoms with Gasteiger partial charge in [0.15, 0.2) is 0 Å². The fourth-order valence-corrected chi connectivity index (χ4v) is 26.1. The monoisotopic (exact) mass is 880 g/mol. The van der Waals surface area contributed by atoms with Crippen LogP contribution in [0.4, 0.5) is 0 Å². The SMILES string of the molecule is Cl.Cl.[CH2]=[Zr]([C]1=CC=CC1)([c]1ccc(C)cc1)([c]1ccc(C)cc1)[c]1c2c(cc(C(C)(C)C)c1-c1ccccc1C)-c1cc(C(C)(C)C)c(-c3ccccc3C)cc1C2. The minimum absolute atomic E-state index is 0. The van der Waals surface area contributed by atoms with Gasteiger partial charge < -0.3 is 0 Å². The van der Waals surface area contributed by atoms with E-state index in [0.29, 0.717) is 0 Å². The van der Waals surface area contributed by atoms with Crippen molar-refractivity contribution in [3.8, 4) is 33.4 Å². The third-order valence-electron chi connectivity index (χ3n) is 13.2. The Morgan fingerprint density at radius 2 is 1.03 bits per heavy atom. The zero-order chi connectivity index (χ0) is 39.8. The van der Waals surface area contributed by atoms with Gasteiger partial charge in [0, 0.05) is 0 Å². The van der Waals surface area contributed by atoms with Crippen LogP contribution in [0.2, 0.25) is 0 Å². The minimum atomic E-state index is -5.18. The summed E-state index contributed by atoms with van der Waals surface area (Å²) in [6.07, 6.45) is 8.93. The van der Waals surface area contributed by atoms with E-state index in [2.05, 4.69) is 203 Å². The van der Waals surface area contributed by atoms with Crippen LogP contribution in [-0.2, 0) is 35.5 Å². The molecule has 0 spiro atoms. The van der Waals surface area contributed by atoms with Crippen molar-refractivity contribution in [3.05, 3.63) is 181 Å². The van der Waals surface area contributed by atoms with E-state index >= 15 is 0 Å². The van der Waals surface area contributed by atoms with Gasteiger partial charge in [-0.25, -0.2) is 0 Å². The number of aryl methyl sites for hydroxylation is 4. The molecular weight excluding hydrogens is 823 g/mol. The van der Waals surface area contributed by atoms with Gasteiger partial charge in [0.2, 0.25) is 0 Å². The first-order valence-electron chi connectivity index (χ1n) is 20.6. The number of fused-ring (bicyclic) bond motifs is 3. The Morgan fingerprint density at radius 1 is 0.534 bits per heavy atom. The predicted molar refractivity (Wildman–Crippen MR) is 257 cm³/mol. The molecule has 58 heavy (non-hydrogen) atoms. The molecule has 6 aromatic carbocycles. The summed E-state index contributed by atoms with van der Waals surface area (Å²) in [5, 5.41) is 0. The molecule has 6 aromatic rings. The standard InChI is InChI=1S/C35H37.2C7H7.C5H5.CH2.2ClH.Zr/c1-22-13-9-11-15-26(22)30-18-24-17-25-19-31(27-16-12-10-14-23(27)2)33(35(6,7)8)21-29(25)28(24)20-32(30)34(3,4)5;2*1-7-5-3-2-4-6-7;1-2-4-5-3-1;;;;/h9-16,18,20-21H,17H2,1-8H3;2*3-6H,1H3;1-3H,4H2;1H2;2*1H;. The summed E-state index contributed by atoms with van der Waals surface area (Å²) in [4.78, 5) is 0.